The Morgan fingerprint density at radius 2 is 1.90 bits per heavy atom. The van der Waals surface area contributed by atoms with Gasteiger partial charge in [-0.25, -0.2) is 0 Å². The van der Waals surface area contributed by atoms with Crippen LogP contribution in [-0.4, -0.2) is 32.4 Å². The lowest BCUT2D eigenvalue weighted by molar-refractivity contribution is 0.412. The van der Waals surface area contributed by atoms with Gasteiger partial charge in [0.05, 0.1) is 18.4 Å². The minimum Gasteiger partial charge on any atom is -0.507 e. The van der Waals surface area contributed by atoms with Gasteiger partial charge in [-0.05, 0) is 40.8 Å². The van der Waals surface area contributed by atoms with Crippen LogP contribution >= 0.6 is 0 Å². The topological polar surface area (TPSA) is 73.1 Å². The third-order valence-corrected chi connectivity index (χ3v) is 2.91. The Morgan fingerprint density at radius 3 is 2.65 bits per heavy atom. The van der Waals surface area contributed by atoms with Gasteiger partial charge in [-0.3, -0.25) is 0 Å². The molecule has 6 heteroatoms. The molecular weight excluding hydrogens is 256 g/mol. The number of aromatic nitrogens is 4. The van der Waals surface area contributed by atoms with Crippen LogP contribution in [-0.2, 0) is 0 Å². The Hall–Kier alpha value is -2.89. The summed E-state index contributed by atoms with van der Waals surface area (Å²) in [4.78, 5) is 0. The number of nitrogens with zero attached hydrogens (tertiary/aromatic N) is 4. The van der Waals surface area contributed by atoms with Gasteiger partial charge >= 0.3 is 0 Å². The molecule has 0 atom stereocenters. The predicted octanol–water partition coefficient (Wildman–Crippen LogP) is 2.04. The molecule has 0 saturated carbocycles. The highest BCUT2D eigenvalue weighted by atomic mass is 16.5. The number of rotatable bonds is 3. The number of aromatic hydroxyl groups is 1. The third-order valence-electron chi connectivity index (χ3n) is 2.91. The van der Waals surface area contributed by atoms with Gasteiger partial charge in [-0.2, -0.15) is 4.68 Å². The summed E-state index contributed by atoms with van der Waals surface area (Å²) in [5, 5.41) is 21.6. The lowest BCUT2D eigenvalue weighted by Crippen LogP contribution is -1.99. The van der Waals surface area contributed by atoms with Gasteiger partial charge in [0.2, 0.25) is 0 Å². The fraction of sp³-hybridized carbons (Fsp3) is 0.0714. The summed E-state index contributed by atoms with van der Waals surface area (Å²) >= 11 is 0. The highest BCUT2D eigenvalue weighted by Gasteiger charge is 2.15. The van der Waals surface area contributed by atoms with Gasteiger partial charge in [0.25, 0.3) is 0 Å². The number of ether oxygens (including phenoxy) is 1. The van der Waals surface area contributed by atoms with E-state index in [0.717, 1.165) is 5.69 Å². The molecule has 20 heavy (non-hydrogen) atoms. The van der Waals surface area contributed by atoms with Crippen molar-refractivity contribution in [3.63, 3.8) is 0 Å². The second-order valence-corrected chi connectivity index (χ2v) is 4.13. The molecule has 0 bridgehead atoms. The van der Waals surface area contributed by atoms with Crippen LogP contribution in [0.2, 0.25) is 0 Å². The standard InChI is InChI=1S/C14H12N4O2/c1-20-11-7-8-13(19)12(9-11)14-15-16-17-18(14)10-5-3-2-4-6-10/h2-9,19H,1H3. The molecule has 2 aromatic carbocycles. The van der Waals surface area contributed by atoms with Crippen LogP contribution in [0.15, 0.2) is 48.5 Å². The van der Waals surface area contributed by atoms with Gasteiger partial charge in [0, 0.05) is 0 Å². The van der Waals surface area contributed by atoms with Gasteiger partial charge in [0.1, 0.15) is 11.5 Å². The highest BCUT2D eigenvalue weighted by Crippen LogP contribution is 2.31. The predicted molar refractivity (Wildman–Crippen MR) is 72.8 cm³/mol. The summed E-state index contributed by atoms with van der Waals surface area (Å²) in [6, 6.07) is 14.4. The van der Waals surface area contributed by atoms with Crippen LogP contribution < -0.4 is 4.74 Å². The van der Waals surface area contributed by atoms with Crippen LogP contribution in [0.3, 0.4) is 0 Å². The number of hydrogen-bond acceptors (Lipinski definition) is 5. The Morgan fingerprint density at radius 1 is 1.10 bits per heavy atom. The number of benzene rings is 2. The average molecular weight is 268 g/mol. The molecule has 100 valence electrons. The Kier molecular flexibility index (Phi) is 3.04. The van der Waals surface area contributed by atoms with E-state index < -0.39 is 0 Å². The third kappa shape index (κ3) is 2.07. The smallest absolute Gasteiger partial charge is 0.190 e. The van der Waals surface area contributed by atoms with Crippen molar-refractivity contribution in [3.8, 4) is 28.6 Å². The second kappa shape index (κ2) is 5.00. The van der Waals surface area contributed by atoms with Crippen molar-refractivity contribution in [2.45, 2.75) is 0 Å². The number of hydrogen-bond donors (Lipinski definition) is 1. The van der Waals surface area contributed by atoms with Crippen LogP contribution in [0.5, 0.6) is 11.5 Å². The van der Waals surface area contributed by atoms with Crippen molar-refractivity contribution in [1.82, 2.24) is 20.2 Å². The summed E-state index contributed by atoms with van der Waals surface area (Å²) in [6.07, 6.45) is 0. The minimum absolute atomic E-state index is 0.0952. The summed E-state index contributed by atoms with van der Waals surface area (Å²) < 4.78 is 6.73. The van der Waals surface area contributed by atoms with Crippen molar-refractivity contribution >= 4 is 0 Å². The van der Waals surface area contributed by atoms with Gasteiger partial charge in [0.15, 0.2) is 5.82 Å². The number of tetrazole rings is 1. The van der Waals surface area contributed by atoms with Crippen molar-refractivity contribution in [1.29, 1.82) is 0 Å². The molecule has 1 aromatic heterocycles. The molecule has 0 aliphatic heterocycles. The van der Waals surface area contributed by atoms with Crippen LogP contribution in [0, 0.1) is 0 Å². The van der Waals surface area contributed by atoms with Crippen molar-refractivity contribution in [2.24, 2.45) is 0 Å². The molecule has 0 aliphatic carbocycles. The largest absolute Gasteiger partial charge is 0.507 e. The van der Waals surface area contributed by atoms with E-state index in [0.29, 0.717) is 17.1 Å². The molecule has 0 saturated heterocycles. The lowest BCUT2D eigenvalue weighted by atomic mass is 10.1. The van der Waals surface area contributed by atoms with E-state index in [9.17, 15) is 5.11 Å². The molecule has 6 nitrogen and oxygen atoms in total. The zero-order valence-corrected chi connectivity index (χ0v) is 10.8. The molecule has 0 unspecified atom stereocenters. The lowest BCUT2D eigenvalue weighted by Gasteiger charge is -2.07. The zero-order chi connectivity index (χ0) is 13.9. The van der Waals surface area contributed by atoms with Gasteiger partial charge < -0.3 is 9.84 Å². The second-order valence-electron chi connectivity index (χ2n) is 4.13. The number of methoxy groups -OCH3 is 1. The summed E-state index contributed by atoms with van der Waals surface area (Å²) in [7, 11) is 1.57. The maximum atomic E-state index is 10.0. The molecule has 0 radical (unpaired) electrons. The molecule has 1 heterocycles. The van der Waals surface area contributed by atoms with Gasteiger partial charge in [-0.15, -0.1) is 5.10 Å². The van der Waals surface area contributed by atoms with Gasteiger partial charge in [-0.1, -0.05) is 18.2 Å². The van der Waals surface area contributed by atoms with E-state index in [1.807, 2.05) is 30.3 Å². The first-order chi connectivity index (χ1) is 9.79. The maximum Gasteiger partial charge on any atom is 0.190 e. The fourth-order valence-corrected chi connectivity index (χ4v) is 1.92. The van der Waals surface area contributed by atoms with E-state index in [4.69, 9.17) is 4.74 Å². The molecule has 3 aromatic rings. The monoisotopic (exact) mass is 268 g/mol. The van der Waals surface area contributed by atoms with E-state index in [1.165, 1.54) is 0 Å². The molecular formula is C14H12N4O2. The van der Waals surface area contributed by atoms with Crippen LogP contribution in [0.4, 0.5) is 0 Å². The summed E-state index contributed by atoms with van der Waals surface area (Å²) in [5.41, 5.74) is 1.33. The normalized spacial score (nSPS) is 10.4. The van der Waals surface area contributed by atoms with Crippen molar-refractivity contribution < 1.29 is 9.84 Å². The van der Waals surface area contributed by atoms with E-state index in [-0.39, 0.29) is 5.75 Å². The number of para-hydroxylation sites is 1. The molecule has 0 fully saturated rings. The Labute approximate surface area is 115 Å². The van der Waals surface area contributed by atoms with Crippen LogP contribution in [0.25, 0.3) is 17.1 Å². The first-order valence-corrected chi connectivity index (χ1v) is 6.01. The Bertz CT molecular complexity index is 725. The zero-order valence-electron chi connectivity index (χ0n) is 10.8. The van der Waals surface area contributed by atoms with Crippen molar-refractivity contribution in [3.05, 3.63) is 48.5 Å². The SMILES string of the molecule is COc1ccc(O)c(-c2nnnn2-c2ccccc2)c1. The quantitative estimate of drug-likeness (QED) is 0.787. The molecule has 1 N–H and O–H groups in total. The minimum atomic E-state index is 0.0952. The molecule has 0 spiro atoms. The highest BCUT2D eigenvalue weighted by molar-refractivity contribution is 5.67. The fourth-order valence-electron chi connectivity index (χ4n) is 1.92. The maximum absolute atomic E-state index is 10.0. The summed E-state index contributed by atoms with van der Waals surface area (Å²) in [5.74, 6) is 1.17. The first-order valence-electron chi connectivity index (χ1n) is 6.01. The van der Waals surface area contributed by atoms with E-state index in [1.54, 1.807) is 30.0 Å². The molecule has 0 aliphatic rings. The molecule has 3 rings (SSSR count). The Balaban J connectivity index is 2.15. The number of phenols is 1. The average Bonchev–Trinajstić information content (AvgIpc) is 2.98. The van der Waals surface area contributed by atoms with Crippen molar-refractivity contribution in [2.75, 3.05) is 7.11 Å². The van der Waals surface area contributed by atoms with E-state index in [2.05, 4.69) is 15.5 Å². The van der Waals surface area contributed by atoms with Crippen LogP contribution in [0.1, 0.15) is 0 Å². The molecule has 0 amide bonds. The number of phenolic OH excluding ortho intramolecular Hbond substituents is 1. The first kappa shape index (κ1) is 12.2. The summed E-state index contributed by atoms with van der Waals surface area (Å²) in [6.45, 7) is 0. The van der Waals surface area contributed by atoms with E-state index >= 15 is 0 Å².